The number of anilines is 1. The van der Waals surface area contributed by atoms with E-state index in [-0.39, 0.29) is 11.6 Å². The third kappa shape index (κ3) is 1.61. The quantitative estimate of drug-likeness (QED) is 0.602. The van der Waals surface area contributed by atoms with Crippen LogP contribution < -0.4 is 5.48 Å². The van der Waals surface area contributed by atoms with Crippen molar-refractivity contribution >= 4 is 11.6 Å². The zero-order valence-electron chi connectivity index (χ0n) is 8.25. The summed E-state index contributed by atoms with van der Waals surface area (Å²) < 4.78 is 6.41. The van der Waals surface area contributed by atoms with Crippen LogP contribution >= 0.6 is 0 Å². The highest BCUT2D eigenvalue weighted by Gasteiger charge is 2.18. The minimum absolute atomic E-state index is 0.212. The Morgan fingerprint density at radius 2 is 2.38 bits per heavy atom. The molecule has 0 aliphatic rings. The van der Waals surface area contributed by atoms with E-state index in [4.69, 9.17) is 9.62 Å². The molecule has 0 saturated heterocycles. The summed E-state index contributed by atoms with van der Waals surface area (Å²) in [5.74, 6) is -0.159. The first-order valence-electron chi connectivity index (χ1n) is 4.30. The Bertz CT molecular complexity index is 530. The second-order valence-electron chi connectivity index (χ2n) is 3.07. The molecule has 0 saturated carbocycles. The Hall–Kier alpha value is -2.35. The van der Waals surface area contributed by atoms with Gasteiger partial charge in [0, 0.05) is 7.05 Å². The van der Waals surface area contributed by atoms with Gasteiger partial charge >= 0.3 is 5.88 Å². The second-order valence-corrected chi connectivity index (χ2v) is 3.07. The van der Waals surface area contributed by atoms with E-state index in [1.165, 1.54) is 23.0 Å². The standard InChI is InChI=1S/C8H8N4O4/c1-11-4-5(10-13)8(9-11)6-2-3-7(16-6)12(14)15/h2-4,10,13H,1H3. The molecule has 0 fully saturated rings. The lowest BCUT2D eigenvalue weighted by Gasteiger charge is -1.94. The molecule has 2 heterocycles. The molecule has 0 aromatic carbocycles. The van der Waals surface area contributed by atoms with Crippen molar-refractivity contribution < 1.29 is 14.5 Å². The molecule has 0 amide bonds. The highest BCUT2D eigenvalue weighted by Crippen LogP contribution is 2.29. The number of hydrogen-bond donors (Lipinski definition) is 2. The number of rotatable bonds is 3. The van der Waals surface area contributed by atoms with Crippen LogP contribution in [0.1, 0.15) is 0 Å². The molecule has 16 heavy (non-hydrogen) atoms. The molecule has 0 atom stereocenters. The molecule has 2 aromatic heterocycles. The van der Waals surface area contributed by atoms with Gasteiger partial charge < -0.3 is 4.42 Å². The number of nitrogens with zero attached hydrogens (tertiary/aromatic N) is 3. The number of furan rings is 1. The van der Waals surface area contributed by atoms with Crippen molar-refractivity contribution in [1.29, 1.82) is 0 Å². The van der Waals surface area contributed by atoms with E-state index in [9.17, 15) is 10.1 Å². The molecule has 2 aromatic rings. The summed E-state index contributed by atoms with van der Waals surface area (Å²) in [6.07, 6.45) is 1.52. The first-order chi connectivity index (χ1) is 7.61. The fourth-order valence-corrected chi connectivity index (χ4v) is 1.31. The zero-order valence-corrected chi connectivity index (χ0v) is 8.25. The number of nitrogens with one attached hydrogen (secondary N) is 1. The van der Waals surface area contributed by atoms with Crippen LogP contribution in [0.2, 0.25) is 0 Å². The molecule has 2 N–H and O–H groups in total. The van der Waals surface area contributed by atoms with Crippen molar-refractivity contribution in [2.75, 3.05) is 5.48 Å². The highest BCUT2D eigenvalue weighted by molar-refractivity contribution is 5.69. The maximum Gasteiger partial charge on any atom is 0.433 e. The second kappa shape index (κ2) is 3.66. The van der Waals surface area contributed by atoms with Crippen LogP contribution in [-0.4, -0.2) is 19.9 Å². The maximum absolute atomic E-state index is 10.4. The molecular formula is C8H8N4O4. The largest absolute Gasteiger partial charge is 0.433 e. The Balaban J connectivity index is 2.45. The van der Waals surface area contributed by atoms with Gasteiger partial charge in [0.1, 0.15) is 10.6 Å². The topological polar surface area (TPSA) is 106 Å². The number of aromatic nitrogens is 2. The molecule has 0 spiro atoms. The van der Waals surface area contributed by atoms with E-state index < -0.39 is 4.92 Å². The van der Waals surface area contributed by atoms with Crippen LogP contribution in [-0.2, 0) is 7.05 Å². The predicted octanol–water partition coefficient (Wildman–Crippen LogP) is 1.39. The molecule has 0 aliphatic carbocycles. The summed E-state index contributed by atoms with van der Waals surface area (Å²) in [7, 11) is 1.65. The Morgan fingerprint density at radius 3 is 2.94 bits per heavy atom. The van der Waals surface area contributed by atoms with Crippen LogP contribution in [0.4, 0.5) is 11.6 Å². The molecule has 0 bridgehead atoms. The summed E-state index contributed by atoms with van der Waals surface area (Å²) in [6.45, 7) is 0. The van der Waals surface area contributed by atoms with E-state index in [0.717, 1.165) is 0 Å². The zero-order chi connectivity index (χ0) is 11.7. The van der Waals surface area contributed by atoms with Crippen LogP contribution in [0.5, 0.6) is 0 Å². The first kappa shape index (κ1) is 10.2. The number of hydrogen-bond acceptors (Lipinski definition) is 6. The summed E-state index contributed by atoms with van der Waals surface area (Å²) in [4.78, 5) is 9.79. The summed E-state index contributed by atoms with van der Waals surface area (Å²) in [5, 5.41) is 23.3. The van der Waals surface area contributed by atoms with Crippen molar-refractivity contribution in [2.24, 2.45) is 7.05 Å². The Kier molecular flexibility index (Phi) is 2.33. The summed E-state index contributed by atoms with van der Waals surface area (Å²) in [5.41, 5.74) is 2.56. The normalized spacial score (nSPS) is 10.4. The monoisotopic (exact) mass is 224 g/mol. The lowest BCUT2D eigenvalue weighted by Crippen LogP contribution is -1.89. The molecule has 2 rings (SSSR count). The lowest BCUT2D eigenvalue weighted by molar-refractivity contribution is -0.401. The van der Waals surface area contributed by atoms with Crippen molar-refractivity contribution in [3.05, 3.63) is 28.4 Å². The minimum Gasteiger partial charge on any atom is -0.399 e. The van der Waals surface area contributed by atoms with E-state index >= 15 is 0 Å². The van der Waals surface area contributed by atoms with Gasteiger partial charge in [-0.2, -0.15) is 5.10 Å². The van der Waals surface area contributed by atoms with Crippen molar-refractivity contribution in [3.63, 3.8) is 0 Å². The van der Waals surface area contributed by atoms with E-state index in [2.05, 4.69) is 5.10 Å². The van der Waals surface area contributed by atoms with Crippen molar-refractivity contribution in [3.8, 4) is 11.5 Å². The molecule has 0 aliphatic heterocycles. The average molecular weight is 224 g/mol. The molecule has 8 nitrogen and oxygen atoms in total. The predicted molar refractivity (Wildman–Crippen MR) is 53.0 cm³/mol. The maximum atomic E-state index is 10.4. The van der Waals surface area contributed by atoms with Gasteiger partial charge in [0.15, 0.2) is 11.5 Å². The average Bonchev–Trinajstić information content (AvgIpc) is 2.82. The Labute approximate surface area is 89.2 Å². The van der Waals surface area contributed by atoms with Crippen LogP contribution in [0, 0.1) is 10.1 Å². The number of aryl methyl sites for hydroxylation is 1. The first-order valence-corrected chi connectivity index (χ1v) is 4.30. The Morgan fingerprint density at radius 1 is 1.62 bits per heavy atom. The molecule has 84 valence electrons. The van der Waals surface area contributed by atoms with Crippen LogP contribution in [0.15, 0.2) is 22.7 Å². The van der Waals surface area contributed by atoms with Crippen LogP contribution in [0.25, 0.3) is 11.5 Å². The SMILES string of the molecule is Cn1cc(NO)c(-c2ccc([N+](=O)[O-])o2)n1. The minimum atomic E-state index is -0.640. The van der Waals surface area contributed by atoms with E-state index in [1.807, 2.05) is 5.48 Å². The highest BCUT2D eigenvalue weighted by atomic mass is 16.6. The van der Waals surface area contributed by atoms with E-state index in [1.54, 1.807) is 7.05 Å². The van der Waals surface area contributed by atoms with E-state index in [0.29, 0.717) is 11.4 Å². The fraction of sp³-hybridized carbons (Fsp3) is 0.125. The van der Waals surface area contributed by atoms with Gasteiger partial charge in [-0.25, -0.2) is 0 Å². The molecule has 0 radical (unpaired) electrons. The number of nitro groups is 1. The van der Waals surface area contributed by atoms with Gasteiger partial charge in [0.05, 0.1) is 12.3 Å². The van der Waals surface area contributed by atoms with Crippen molar-refractivity contribution in [2.45, 2.75) is 0 Å². The third-order valence-corrected chi connectivity index (χ3v) is 1.95. The molecule has 8 heteroatoms. The van der Waals surface area contributed by atoms with Gasteiger partial charge in [-0.1, -0.05) is 0 Å². The summed E-state index contributed by atoms with van der Waals surface area (Å²) in [6, 6.07) is 2.65. The summed E-state index contributed by atoms with van der Waals surface area (Å²) >= 11 is 0. The van der Waals surface area contributed by atoms with Gasteiger partial charge in [0.2, 0.25) is 0 Å². The van der Waals surface area contributed by atoms with Crippen LogP contribution in [0.3, 0.4) is 0 Å². The van der Waals surface area contributed by atoms with Gasteiger partial charge in [-0.15, -0.1) is 0 Å². The van der Waals surface area contributed by atoms with Gasteiger partial charge in [-0.05, 0) is 6.07 Å². The lowest BCUT2D eigenvalue weighted by atomic mass is 10.3. The smallest absolute Gasteiger partial charge is 0.399 e. The van der Waals surface area contributed by atoms with Gasteiger partial charge in [0.25, 0.3) is 0 Å². The fourth-order valence-electron chi connectivity index (χ4n) is 1.31. The molecular weight excluding hydrogens is 216 g/mol. The third-order valence-electron chi connectivity index (χ3n) is 1.95. The molecule has 0 unspecified atom stereocenters. The van der Waals surface area contributed by atoms with Gasteiger partial charge in [-0.3, -0.25) is 25.5 Å². The van der Waals surface area contributed by atoms with Crippen molar-refractivity contribution in [1.82, 2.24) is 9.78 Å².